The number of hydrogen-bond acceptors (Lipinski definition) is 1. The van der Waals surface area contributed by atoms with Crippen molar-refractivity contribution in [1.29, 1.82) is 0 Å². The molecule has 2 aromatic rings. The Bertz CT molecular complexity index is 771. The van der Waals surface area contributed by atoms with E-state index >= 15 is 0 Å². The Balaban J connectivity index is 1.78. The molecule has 1 heteroatoms. The van der Waals surface area contributed by atoms with Crippen LogP contribution in [0.2, 0.25) is 0 Å². The summed E-state index contributed by atoms with van der Waals surface area (Å²) in [6.45, 7) is 2.47. The minimum Gasteiger partial charge on any atom is -0.296 e. The van der Waals surface area contributed by atoms with Crippen molar-refractivity contribution in [3.63, 3.8) is 0 Å². The summed E-state index contributed by atoms with van der Waals surface area (Å²) in [5.41, 5.74) is 6.48. The van der Waals surface area contributed by atoms with E-state index < -0.39 is 0 Å². The standard InChI is InChI=1S/C21H23N/c1-3-10-18-16(8-1)17-9-2-4-11-19(17)21-14-22-12-6-5-7-15(22)13-20(18)21/h2-4,9-11,15H,1,5-8,12-14H2. The molecule has 22 heavy (non-hydrogen) atoms. The summed E-state index contributed by atoms with van der Waals surface area (Å²) in [4.78, 5) is 2.75. The second-order valence-electron chi connectivity index (χ2n) is 7.16. The van der Waals surface area contributed by atoms with Gasteiger partial charge in [0.1, 0.15) is 0 Å². The first-order valence-corrected chi connectivity index (χ1v) is 8.88. The number of benzene rings is 2. The van der Waals surface area contributed by atoms with Gasteiger partial charge in [0.05, 0.1) is 0 Å². The molecule has 1 aliphatic carbocycles. The lowest BCUT2D eigenvalue weighted by Gasteiger charge is -2.41. The van der Waals surface area contributed by atoms with E-state index in [1.165, 1.54) is 62.4 Å². The third kappa shape index (κ3) is 1.82. The van der Waals surface area contributed by atoms with Gasteiger partial charge in [-0.2, -0.15) is 0 Å². The minimum absolute atomic E-state index is 0.793. The molecule has 0 saturated carbocycles. The fraction of sp³-hybridized carbons (Fsp3) is 0.429. The van der Waals surface area contributed by atoms with Gasteiger partial charge < -0.3 is 0 Å². The van der Waals surface area contributed by atoms with E-state index in [0.29, 0.717) is 0 Å². The van der Waals surface area contributed by atoms with Crippen LogP contribution in [-0.2, 0) is 19.4 Å². The predicted molar refractivity (Wildman–Crippen MR) is 93.1 cm³/mol. The van der Waals surface area contributed by atoms with Crippen LogP contribution in [0.5, 0.6) is 0 Å². The quantitative estimate of drug-likeness (QED) is 0.679. The van der Waals surface area contributed by atoms with Gasteiger partial charge >= 0.3 is 0 Å². The Morgan fingerprint density at radius 1 is 0.955 bits per heavy atom. The highest BCUT2D eigenvalue weighted by Crippen LogP contribution is 2.40. The van der Waals surface area contributed by atoms with Crippen molar-refractivity contribution in [3.8, 4) is 0 Å². The van der Waals surface area contributed by atoms with E-state index in [2.05, 4.69) is 41.3 Å². The molecule has 112 valence electrons. The highest BCUT2D eigenvalue weighted by molar-refractivity contribution is 5.94. The molecule has 2 aromatic carbocycles. The Hall–Kier alpha value is -1.60. The lowest BCUT2D eigenvalue weighted by atomic mass is 9.79. The first-order valence-electron chi connectivity index (χ1n) is 8.88. The monoisotopic (exact) mass is 289 g/mol. The number of fused-ring (bicyclic) bond motifs is 7. The Morgan fingerprint density at radius 3 is 2.73 bits per heavy atom. The first-order chi connectivity index (χ1) is 10.9. The lowest BCUT2D eigenvalue weighted by molar-refractivity contribution is 0.128. The van der Waals surface area contributed by atoms with Gasteiger partial charge in [0.15, 0.2) is 0 Å². The molecule has 0 amide bonds. The summed E-state index contributed by atoms with van der Waals surface area (Å²) in [5, 5.41) is 3.03. The highest BCUT2D eigenvalue weighted by Gasteiger charge is 2.31. The van der Waals surface area contributed by atoms with Gasteiger partial charge in [-0.1, -0.05) is 42.8 Å². The molecular formula is C21H23N. The number of aryl methyl sites for hydroxylation is 1. The second kappa shape index (κ2) is 4.96. The Morgan fingerprint density at radius 2 is 1.82 bits per heavy atom. The molecule has 1 fully saturated rings. The maximum Gasteiger partial charge on any atom is 0.0245 e. The van der Waals surface area contributed by atoms with Gasteiger partial charge in [-0.3, -0.25) is 4.90 Å². The third-order valence-electron chi connectivity index (χ3n) is 5.99. The van der Waals surface area contributed by atoms with Gasteiger partial charge in [0.25, 0.3) is 0 Å². The molecule has 5 rings (SSSR count). The Labute approximate surface area is 132 Å². The SMILES string of the molecule is C1=Cc2c3c(c4ccccc4c2CC1)CN1CCCCC1C3. The second-order valence-corrected chi connectivity index (χ2v) is 7.16. The summed E-state index contributed by atoms with van der Waals surface area (Å²) in [6.07, 6.45) is 12.7. The fourth-order valence-electron chi connectivity index (χ4n) is 4.91. The summed E-state index contributed by atoms with van der Waals surface area (Å²) in [7, 11) is 0. The van der Waals surface area contributed by atoms with Crippen LogP contribution in [0.25, 0.3) is 16.8 Å². The van der Waals surface area contributed by atoms with Crippen LogP contribution in [0.3, 0.4) is 0 Å². The molecule has 0 aromatic heterocycles. The molecule has 3 aliphatic rings. The zero-order valence-electron chi connectivity index (χ0n) is 13.1. The van der Waals surface area contributed by atoms with E-state index in [4.69, 9.17) is 0 Å². The third-order valence-corrected chi connectivity index (χ3v) is 5.99. The zero-order chi connectivity index (χ0) is 14.5. The maximum atomic E-state index is 2.75. The average Bonchev–Trinajstić information content (AvgIpc) is 2.61. The minimum atomic E-state index is 0.793. The van der Waals surface area contributed by atoms with E-state index in [1.807, 2.05) is 0 Å². The molecular weight excluding hydrogens is 266 g/mol. The van der Waals surface area contributed by atoms with E-state index in [1.54, 1.807) is 22.3 Å². The maximum absolute atomic E-state index is 2.75. The van der Waals surface area contributed by atoms with E-state index in [0.717, 1.165) is 6.04 Å². The fourth-order valence-corrected chi connectivity index (χ4v) is 4.91. The van der Waals surface area contributed by atoms with Crippen LogP contribution in [0.15, 0.2) is 30.3 Å². The van der Waals surface area contributed by atoms with Crippen LogP contribution in [0.4, 0.5) is 0 Å². The lowest BCUT2D eigenvalue weighted by Crippen LogP contribution is -2.43. The Kier molecular flexibility index (Phi) is 2.91. The van der Waals surface area contributed by atoms with Gasteiger partial charge in [-0.05, 0) is 71.7 Å². The van der Waals surface area contributed by atoms with E-state index in [-0.39, 0.29) is 0 Å². The average molecular weight is 289 g/mol. The number of rotatable bonds is 0. The van der Waals surface area contributed by atoms with Crippen LogP contribution in [-0.4, -0.2) is 17.5 Å². The van der Waals surface area contributed by atoms with Crippen LogP contribution < -0.4 is 0 Å². The van der Waals surface area contributed by atoms with Gasteiger partial charge in [0, 0.05) is 12.6 Å². The molecule has 1 saturated heterocycles. The van der Waals surface area contributed by atoms with Crippen molar-refractivity contribution in [1.82, 2.24) is 4.90 Å². The molecule has 0 radical (unpaired) electrons. The predicted octanol–water partition coefficient (Wildman–Crippen LogP) is 4.71. The van der Waals surface area contributed by atoms with Gasteiger partial charge in [-0.25, -0.2) is 0 Å². The van der Waals surface area contributed by atoms with Gasteiger partial charge in [0.2, 0.25) is 0 Å². The normalized spacial score (nSPS) is 23.9. The van der Waals surface area contributed by atoms with Crippen molar-refractivity contribution in [2.24, 2.45) is 0 Å². The van der Waals surface area contributed by atoms with Crippen LogP contribution >= 0.6 is 0 Å². The first kappa shape index (κ1) is 12.9. The van der Waals surface area contributed by atoms with Crippen molar-refractivity contribution in [2.45, 2.75) is 51.1 Å². The van der Waals surface area contributed by atoms with Crippen molar-refractivity contribution in [3.05, 3.63) is 52.6 Å². The molecule has 2 aliphatic heterocycles. The molecule has 0 spiro atoms. The van der Waals surface area contributed by atoms with Crippen LogP contribution in [0.1, 0.15) is 47.9 Å². The summed E-state index contributed by atoms with van der Waals surface area (Å²) >= 11 is 0. The molecule has 2 heterocycles. The summed E-state index contributed by atoms with van der Waals surface area (Å²) in [6, 6.07) is 9.92. The highest BCUT2D eigenvalue weighted by atomic mass is 15.2. The molecule has 0 N–H and O–H groups in total. The topological polar surface area (TPSA) is 3.24 Å². The zero-order valence-corrected chi connectivity index (χ0v) is 13.1. The largest absolute Gasteiger partial charge is 0.296 e. The van der Waals surface area contributed by atoms with Crippen LogP contribution in [0, 0.1) is 0 Å². The van der Waals surface area contributed by atoms with E-state index in [9.17, 15) is 0 Å². The number of piperidine rings is 1. The van der Waals surface area contributed by atoms with Crippen molar-refractivity contribution >= 4 is 16.8 Å². The van der Waals surface area contributed by atoms with Gasteiger partial charge in [-0.15, -0.1) is 0 Å². The summed E-state index contributed by atoms with van der Waals surface area (Å²) in [5.74, 6) is 0. The number of hydrogen-bond donors (Lipinski definition) is 0. The number of allylic oxidation sites excluding steroid dienone is 1. The van der Waals surface area contributed by atoms with Crippen molar-refractivity contribution in [2.75, 3.05) is 6.54 Å². The molecule has 1 atom stereocenters. The smallest absolute Gasteiger partial charge is 0.0245 e. The molecule has 1 unspecified atom stereocenters. The molecule has 1 nitrogen and oxygen atoms in total. The number of nitrogens with zero attached hydrogens (tertiary/aromatic N) is 1. The summed E-state index contributed by atoms with van der Waals surface area (Å²) < 4.78 is 0. The molecule has 0 bridgehead atoms. The van der Waals surface area contributed by atoms with Crippen molar-refractivity contribution < 1.29 is 0 Å².